The third-order valence-electron chi connectivity index (χ3n) is 3.32. The predicted octanol–water partition coefficient (Wildman–Crippen LogP) is 2.30. The first-order valence-corrected chi connectivity index (χ1v) is 6.20. The van der Waals surface area contributed by atoms with Crippen molar-refractivity contribution >= 4 is 11.1 Å². The summed E-state index contributed by atoms with van der Waals surface area (Å²) >= 11 is 0. The van der Waals surface area contributed by atoms with Gasteiger partial charge < -0.3 is 10.2 Å². The number of hydrogen-bond donors (Lipinski definition) is 1. The van der Waals surface area contributed by atoms with Gasteiger partial charge in [0.1, 0.15) is 5.52 Å². The Morgan fingerprint density at radius 1 is 1.32 bits per heavy atom. The van der Waals surface area contributed by atoms with E-state index in [0.29, 0.717) is 12.4 Å². The molecule has 0 amide bonds. The zero-order valence-electron chi connectivity index (χ0n) is 11.3. The summed E-state index contributed by atoms with van der Waals surface area (Å²) in [6.45, 7) is 4.30. The molecule has 19 heavy (non-hydrogen) atoms. The van der Waals surface area contributed by atoms with Crippen LogP contribution in [0.15, 0.2) is 22.6 Å². The van der Waals surface area contributed by atoms with Gasteiger partial charge in [0.2, 0.25) is 0 Å². The molecule has 3 rings (SSSR count). The van der Waals surface area contributed by atoms with E-state index in [-0.39, 0.29) is 0 Å². The van der Waals surface area contributed by atoms with E-state index in [2.05, 4.69) is 10.1 Å². The summed E-state index contributed by atoms with van der Waals surface area (Å²) in [6.07, 6.45) is 0. The molecule has 0 fully saturated rings. The molecule has 0 aliphatic carbocycles. The molecule has 0 saturated carbocycles. The zero-order valence-corrected chi connectivity index (χ0v) is 11.3. The average Bonchev–Trinajstić information content (AvgIpc) is 2.86. The van der Waals surface area contributed by atoms with E-state index in [4.69, 9.17) is 10.2 Å². The summed E-state index contributed by atoms with van der Waals surface area (Å²) in [5, 5.41) is 4.44. The van der Waals surface area contributed by atoms with Crippen molar-refractivity contribution in [1.82, 2.24) is 14.8 Å². The van der Waals surface area contributed by atoms with Crippen LogP contribution < -0.4 is 5.73 Å². The molecule has 0 radical (unpaired) electrons. The van der Waals surface area contributed by atoms with Crippen LogP contribution in [-0.4, -0.2) is 14.8 Å². The number of fused-ring (bicyclic) bond motifs is 1. The Kier molecular flexibility index (Phi) is 2.64. The fourth-order valence-electron chi connectivity index (χ4n) is 2.51. The van der Waals surface area contributed by atoms with Gasteiger partial charge in [-0.15, -0.1) is 0 Å². The van der Waals surface area contributed by atoms with E-state index in [9.17, 15) is 0 Å². The first-order valence-electron chi connectivity index (χ1n) is 6.20. The van der Waals surface area contributed by atoms with Gasteiger partial charge in [0, 0.05) is 26.1 Å². The van der Waals surface area contributed by atoms with Gasteiger partial charge >= 0.3 is 0 Å². The summed E-state index contributed by atoms with van der Waals surface area (Å²) in [5.74, 6) is 0.675. The summed E-state index contributed by atoms with van der Waals surface area (Å²) in [5.41, 5.74) is 11.7. The SMILES string of the molecule is Cc1nc2cc(-c3c(C)nn(C)c3CN)ccc2o1. The topological polar surface area (TPSA) is 69.9 Å². The van der Waals surface area contributed by atoms with Gasteiger partial charge in [-0.05, 0) is 24.6 Å². The molecule has 5 nitrogen and oxygen atoms in total. The molecular weight excluding hydrogens is 240 g/mol. The van der Waals surface area contributed by atoms with E-state index >= 15 is 0 Å². The van der Waals surface area contributed by atoms with E-state index in [1.54, 1.807) is 0 Å². The maximum atomic E-state index is 5.82. The van der Waals surface area contributed by atoms with Crippen LogP contribution in [0.3, 0.4) is 0 Å². The molecule has 0 saturated heterocycles. The summed E-state index contributed by atoms with van der Waals surface area (Å²) < 4.78 is 7.33. The van der Waals surface area contributed by atoms with Gasteiger partial charge in [0.15, 0.2) is 11.5 Å². The third kappa shape index (κ3) is 1.82. The quantitative estimate of drug-likeness (QED) is 0.763. The van der Waals surface area contributed by atoms with Gasteiger partial charge in [-0.2, -0.15) is 5.10 Å². The zero-order chi connectivity index (χ0) is 13.6. The Balaban J connectivity index is 2.23. The average molecular weight is 256 g/mol. The van der Waals surface area contributed by atoms with Crippen LogP contribution in [0.5, 0.6) is 0 Å². The molecule has 0 aliphatic heterocycles. The monoisotopic (exact) mass is 256 g/mol. The number of aromatic nitrogens is 3. The number of nitrogens with two attached hydrogens (primary N) is 1. The highest BCUT2D eigenvalue weighted by molar-refractivity contribution is 5.81. The lowest BCUT2D eigenvalue weighted by Crippen LogP contribution is -2.05. The molecule has 3 aromatic rings. The second-order valence-electron chi connectivity index (χ2n) is 4.65. The lowest BCUT2D eigenvalue weighted by Gasteiger charge is -2.04. The number of nitrogens with zero attached hydrogens (tertiary/aromatic N) is 3. The lowest BCUT2D eigenvalue weighted by molar-refractivity contribution is 0.561. The Morgan fingerprint density at radius 3 is 2.84 bits per heavy atom. The minimum atomic E-state index is 0.461. The summed E-state index contributed by atoms with van der Waals surface area (Å²) in [6, 6.07) is 5.99. The first kappa shape index (κ1) is 11.9. The molecule has 98 valence electrons. The Labute approximate surface area is 111 Å². The van der Waals surface area contributed by atoms with Crippen LogP contribution in [0.2, 0.25) is 0 Å². The second kappa shape index (κ2) is 4.20. The van der Waals surface area contributed by atoms with Gasteiger partial charge in [-0.1, -0.05) is 6.07 Å². The van der Waals surface area contributed by atoms with Crippen LogP contribution in [0, 0.1) is 13.8 Å². The number of oxazole rings is 1. The van der Waals surface area contributed by atoms with Crippen molar-refractivity contribution in [3.8, 4) is 11.1 Å². The van der Waals surface area contributed by atoms with E-state index < -0.39 is 0 Å². The maximum absolute atomic E-state index is 5.82. The van der Waals surface area contributed by atoms with Crippen LogP contribution >= 0.6 is 0 Å². The van der Waals surface area contributed by atoms with Crippen molar-refractivity contribution < 1.29 is 4.42 Å². The molecule has 0 spiro atoms. The van der Waals surface area contributed by atoms with Crippen molar-refractivity contribution in [2.45, 2.75) is 20.4 Å². The van der Waals surface area contributed by atoms with Crippen molar-refractivity contribution in [3.63, 3.8) is 0 Å². The van der Waals surface area contributed by atoms with E-state index in [0.717, 1.165) is 33.6 Å². The van der Waals surface area contributed by atoms with Gasteiger partial charge in [-0.25, -0.2) is 4.98 Å². The second-order valence-corrected chi connectivity index (χ2v) is 4.65. The predicted molar refractivity (Wildman–Crippen MR) is 73.6 cm³/mol. The smallest absolute Gasteiger partial charge is 0.192 e. The van der Waals surface area contributed by atoms with Gasteiger partial charge in [-0.3, -0.25) is 4.68 Å². The van der Waals surface area contributed by atoms with Gasteiger partial charge in [0.05, 0.1) is 11.4 Å². The standard InChI is InChI=1S/C14H16N4O/c1-8-14(12(7-15)18(3)17-8)10-4-5-13-11(6-10)16-9(2)19-13/h4-6H,7,15H2,1-3H3. The van der Waals surface area contributed by atoms with Crippen molar-refractivity contribution in [2.75, 3.05) is 0 Å². The molecule has 1 aromatic carbocycles. The number of benzene rings is 1. The molecule has 2 N–H and O–H groups in total. The third-order valence-corrected chi connectivity index (χ3v) is 3.32. The minimum Gasteiger partial charge on any atom is -0.441 e. The van der Waals surface area contributed by atoms with E-state index in [1.165, 1.54) is 0 Å². The fraction of sp³-hybridized carbons (Fsp3) is 0.286. The highest BCUT2D eigenvalue weighted by Crippen LogP contribution is 2.29. The molecule has 0 aliphatic rings. The first-order chi connectivity index (χ1) is 9.10. The number of aryl methyl sites for hydroxylation is 3. The minimum absolute atomic E-state index is 0.461. The maximum Gasteiger partial charge on any atom is 0.192 e. The molecule has 5 heteroatoms. The summed E-state index contributed by atoms with van der Waals surface area (Å²) in [4.78, 5) is 4.37. The molecule has 0 unspecified atom stereocenters. The highest BCUT2D eigenvalue weighted by atomic mass is 16.3. The highest BCUT2D eigenvalue weighted by Gasteiger charge is 2.15. The van der Waals surface area contributed by atoms with E-state index in [1.807, 2.05) is 43.8 Å². The fourth-order valence-corrected chi connectivity index (χ4v) is 2.51. The van der Waals surface area contributed by atoms with Crippen molar-refractivity contribution in [1.29, 1.82) is 0 Å². The van der Waals surface area contributed by atoms with Crippen molar-refractivity contribution in [2.24, 2.45) is 12.8 Å². The van der Waals surface area contributed by atoms with Crippen molar-refractivity contribution in [3.05, 3.63) is 35.5 Å². The summed E-state index contributed by atoms with van der Waals surface area (Å²) in [7, 11) is 1.91. The number of hydrogen-bond acceptors (Lipinski definition) is 4. The number of rotatable bonds is 2. The molecule has 2 heterocycles. The molecule has 0 bridgehead atoms. The lowest BCUT2D eigenvalue weighted by atomic mass is 10.0. The van der Waals surface area contributed by atoms with Crippen LogP contribution in [0.25, 0.3) is 22.2 Å². The molecule has 2 aromatic heterocycles. The molecule has 0 atom stereocenters. The van der Waals surface area contributed by atoms with Crippen LogP contribution in [0.4, 0.5) is 0 Å². The Bertz CT molecular complexity index is 754. The van der Waals surface area contributed by atoms with Gasteiger partial charge in [0.25, 0.3) is 0 Å². The Hall–Kier alpha value is -2.14. The largest absolute Gasteiger partial charge is 0.441 e. The van der Waals surface area contributed by atoms with Crippen LogP contribution in [0.1, 0.15) is 17.3 Å². The normalized spacial score (nSPS) is 11.4. The Morgan fingerprint density at radius 2 is 2.11 bits per heavy atom. The van der Waals surface area contributed by atoms with Crippen LogP contribution in [-0.2, 0) is 13.6 Å². The molecular formula is C14H16N4O.